The van der Waals surface area contributed by atoms with E-state index in [1.54, 1.807) is 134 Å². The van der Waals surface area contributed by atoms with E-state index in [4.69, 9.17) is 40.3 Å². The minimum atomic E-state index is -0.644. The van der Waals surface area contributed by atoms with Crippen LogP contribution >= 0.6 is 15.9 Å². The number of nitrogens with one attached hydrogen (secondary N) is 1. The third-order valence-electron chi connectivity index (χ3n) is 24.9. The van der Waals surface area contributed by atoms with E-state index in [1.165, 1.54) is 78.5 Å². The van der Waals surface area contributed by atoms with Gasteiger partial charge in [-0.1, -0.05) is 76.6 Å². The van der Waals surface area contributed by atoms with Crippen molar-refractivity contribution < 1.29 is 115 Å². The standard InChI is InChI=1S/C25H31N3O3.C25H30N3O3.C19H17N3O3.C18H17N3O5.C12H12BrNO2.C6H6N2O3.C4H8O.HI/c2*1-17(2)27-16-28(18(3)4)23-15-19(11-12-22(23)27)31-14-8-7-13-26-24(29)20-9-5-6-10-21(20)25(26)30;23-18-14-5-1-2-6-15(14)19(24)22(18)9-3-4-10-25-13-7-8-16-17(11-13)21-12-20-16;19-15-8-7-12(11-16(15)21(24)25)26-10-4-3-9-20-17(22)13-5-1-2-6-14(13)18(20)23;13-7-3-4-8-14-11(15)9-5-1-2-6-10(9)12(14)16;7-5-2-1-4(9)3-6(5)8(10)11;1-2-4-5-3-1;/h5-6,9-12,15,17-18H,7-8,13-14,16H2,1-4H3;5-6,9-12,15-18H,7-8,13-14H2,1-4H3;1-2,5-8,11-12H,3-4,9-10H2,(H,20,21);1-2,5-8,11H,3-4,9-10,19H2;1-2,5-6H,3-4,7-8H2;1-3,9H,7H2;1-4H2;1H/q;+1;;;;;;/p-1. The van der Waals surface area contributed by atoms with Crippen LogP contribution in [0.5, 0.6) is 28.7 Å². The SMILES string of the molecule is C1CCOC1.CC(C)N1CN(C(C)C)c2cc(OCCCCN3C(=O)c4ccccc4C3=O)ccc21.CC(C)n1c[n+](C(C)C)c2ccc(OCCCCN3C(=O)c4ccccc4C3=O)cc21.Nc1ccc(O)cc1[N+](=O)[O-].Nc1ccc(OCCCCN2C(=O)c3ccccc3C2=O)cc1[N+](=O)[O-].O=C1c2ccccc2C(=O)N1CCCCBr.O=C1c2ccccc2C(=O)N1CCCCOc1ccc2nc[nH]c2c1.[I-]. The number of nitrogens with two attached hydrogens (primary N) is 2. The Morgan fingerprint density at radius 2 is 0.740 bits per heavy atom. The Labute approximate surface area is 871 Å². The molecular weight excluding hydrogens is 2050 g/mol. The number of rotatable bonds is 34. The van der Waals surface area contributed by atoms with Crippen LogP contribution in [0.4, 0.5) is 34.1 Å². The number of aromatic hydroxyl groups is 1. The smallest absolute Gasteiger partial charge is 0.295 e. The predicted molar refractivity (Wildman–Crippen MR) is 553 cm³/mol. The Balaban J connectivity index is 0.000000157. The number of nitro groups is 2. The molecule has 7 aliphatic rings. The van der Waals surface area contributed by atoms with Crippen LogP contribution in [0.3, 0.4) is 0 Å². The molecule has 146 heavy (non-hydrogen) atoms. The lowest BCUT2D eigenvalue weighted by Gasteiger charge is -2.27. The number of imidazole rings is 2. The van der Waals surface area contributed by atoms with E-state index < -0.39 is 9.85 Å². The number of halogens is 2. The number of nitrogens with zero attached hydrogens (tertiary/aromatic N) is 12. The molecule has 766 valence electrons. The van der Waals surface area contributed by atoms with Crippen LogP contribution in [0.25, 0.3) is 22.1 Å². The highest BCUT2D eigenvalue weighted by atomic mass is 127. The molecule has 19 rings (SSSR count). The lowest BCUT2D eigenvalue weighted by atomic mass is 10.1. The summed E-state index contributed by atoms with van der Waals surface area (Å²) in [5.74, 6) is 0.617. The van der Waals surface area contributed by atoms with E-state index in [9.17, 15) is 68.2 Å². The lowest BCUT2D eigenvalue weighted by molar-refractivity contribution is -0.692. The Morgan fingerprint density at radius 1 is 0.411 bits per heavy atom. The molecule has 0 spiro atoms. The van der Waals surface area contributed by atoms with E-state index in [1.807, 2.05) is 30.3 Å². The fourth-order valence-corrected chi connectivity index (χ4v) is 17.6. The molecule has 0 saturated carbocycles. The monoisotopic (exact) mass is 2170 g/mol. The van der Waals surface area contributed by atoms with Crippen molar-refractivity contribution in [3.63, 3.8) is 0 Å². The number of carbonyl (C=O) groups is 10. The molecular formula is C109H121BrIN15O20. The molecule has 0 unspecified atom stereocenters. The van der Waals surface area contributed by atoms with Crippen LogP contribution in [0.2, 0.25) is 0 Å². The quantitative estimate of drug-likeness (QED) is 0.00335. The summed E-state index contributed by atoms with van der Waals surface area (Å²) >= 11 is 3.33. The van der Waals surface area contributed by atoms with Gasteiger partial charge in [-0.25, -0.2) is 14.1 Å². The van der Waals surface area contributed by atoms with E-state index in [0.717, 1.165) is 104 Å². The van der Waals surface area contributed by atoms with Gasteiger partial charge in [0.1, 0.15) is 40.1 Å². The second-order valence-corrected chi connectivity index (χ2v) is 37.0. The van der Waals surface area contributed by atoms with Gasteiger partial charge in [-0.05, 0) is 254 Å². The third kappa shape index (κ3) is 26.8. The number of anilines is 4. The molecule has 35 nitrogen and oxygen atoms in total. The number of aromatic amines is 1. The number of amides is 10. The second-order valence-electron chi connectivity index (χ2n) is 36.2. The number of H-pyrrole nitrogens is 1. The number of phenolic OH excluding ortho intramolecular Hbond substituents is 1. The van der Waals surface area contributed by atoms with Gasteiger partial charge in [0.15, 0.2) is 11.0 Å². The van der Waals surface area contributed by atoms with E-state index in [2.05, 4.69) is 131 Å². The highest BCUT2D eigenvalue weighted by molar-refractivity contribution is 9.09. The minimum absolute atomic E-state index is 0. The van der Waals surface area contributed by atoms with Crippen molar-refractivity contribution in [1.29, 1.82) is 0 Å². The number of fused-ring (bicyclic) bond motifs is 8. The summed E-state index contributed by atoms with van der Waals surface area (Å²) in [7, 11) is 0. The number of ether oxygens (including phenoxy) is 5. The number of aromatic nitrogens is 4. The van der Waals surface area contributed by atoms with Gasteiger partial charge in [-0.15, -0.1) is 0 Å². The molecule has 6 N–H and O–H groups in total. The van der Waals surface area contributed by atoms with Crippen LogP contribution in [-0.2, 0) is 4.74 Å². The van der Waals surface area contributed by atoms with Gasteiger partial charge in [0, 0.05) is 81.6 Å². The number of benzene rings is 10. The van der Waals surface area contributed by atoms with Gasteiger partial charge in [-0.2, -0.15) is 0 Å². The van der Waals surface area contributed by atoms with Gasteiger partial charge < -0.3 is 79.0 Å². The van der Waals surface area contributed by atoms with Crippen molar-refractivity contribution in [3.05, 3.63) is 301 Å². The van der Waals surface area contributed by atoms with Crippen LogP contribution in [0.15, 0.2) is 225 Å². The third-order valence-corrected chi connectivity index (χ3v) is 25.5. The Hall–Kier alpha value is -15.0. The fourth-order valence-electron chi connectivity index (χ4n) is 17.2. The number of hydrogen-bond donors (Lipinski definition) is 4. The molecule has 10 amide bonds. The number of hydrogen-bond acceptors (Lipinski definition) is 25. The van der Waals surface area contributed by atoms with Crippen molar-refractivity contribution in [2.24, 2.45) is 0 Å². The summed E-state index contributed by atoms with van der Waals surface area (Å²) in [4.78, 5) is 161. The van der Waals surface area contributed by atoms with Gasteiger partial charge in [0.05, 0.1) is 152 Å². The Bertz CT molecular complexity index is 6560. The van der Waals surface area contributed by atoms with Gasteiger partial charge in [0.25, 0.3) is 70.4 Å². The molecule has 0 aliphatic carbocycles. The minimum Gasteiger partial charge on any atom is -1.00 e. The highest BCUT2D eigenvalue weighted by Crippen LogP contribution is 2.42. The predicted octanol–water partition coefficient (Wildman–Crippen LogP) is 15.9. The largest absolute Gasteiger partial charge is 1.00 e. The van der Waals surface area contributed by atoms with Gasteiger partial charge in [-0.3, -0.25) is 92.7 Å². The zero-order chi connectivity index (χ0) is 104. The first-order valence-corrected chi connectivity index (χ1v) is 49.8. The maximum Gasteiger partial charge on any atom is 0.295 e. The van der Waals surface area contributed by atoms with Crippen LogP contribution in [0.1, 0.15) is 248 Å². The highest BCUT2D eigenvalue weighted by Gasteiger charge is 2.40. The van der Waals surface area contributed by atoms with Gasteiger partial charge in [0.2, 0.25) is 6.33 Å². The summed E-state index contributed by atoms with van der Waals surface area (Å²) in [5.41, 5.74) is 22.0. The summed E-state index contributed by atoms with van der Waals surface area (Å²) in [6, 6.07) is 62.4. The van der Waals surface area contributed by atoms with Crippen molar-refractivity contribution in [1.82, 2.24) is 39.0 Å². The molecule has 7 aliphatic heterocycles. The summed E-state index contributed by atoms with van der Waals surface area (Å²) in [6.07, 6.45) is 13.8. The first-order chi connectivity index (χ1) is 69.8. The van der Waals surface area contributed by atoms with E-state index >= 15 is 0 Å². The normalized spacial score (nSPS) is 13.9. The number of unbranched alkanes of at least 4 members (excludes halogenated alkanes) is 5. The summed E-state index contributed by atoms with van der Waals surface area (Å²) in [5, 5.41) is 30.8. The molecule has 2 aromatic heterocycles. The molecule has 0 bridgehead atoms. The van der Waals surface area contributed by atoms with Crippen LogP contribution < -0.4 is 68.8 Å². The molecule has 1 saturated heterocycles. The number of nitro benzene ring substituents is 2. The maximum atomic E-state index is 12.4. The second kappa shape index (κ2) is 52.0. The van der Waals surface area contributed by atoms with E-state index in [-0.39, 0.29) is 112 Å². The first kappa shape index (κ1) is 110. The molecule has 1 fully saturated rings. The first-order valence-electron chi connectivity index (χ1n) is 48.7. The summed E-state index contributed by atoms with van der Waals surface area (Å²) in [6.45, 7) is 24.5. The average Bonchev–Trinajstić information content (AvgIpc) is 1.66. The maximum absolute atomic E-state index is 12.4. The zero-order valence-corrected chi connectivity index (χ0v) is 86.6. The van der Waals surface area contributed by atoms with Gasteiger partial charge >= 0.3 is 0 Å². The molecule has 0 atom stereocenters. The molecule has 10 aromatic carbocycles. The molecule has 12 aromatic rings. The topological polar surface area (TPSA) is 436 Å². The number of carbonyl (C=O) groups excluding carboxylic acids is 10. The van der Waals surface area contributed by atoms with Crippen LogP contribution in [-0.4, -0.2) is 210 Å². The summed E-state index contributed by atoms with van der Waals surface area (Å²) < 4.78 is 32.7. The van der Waals surface area contributed by atoms with E-state index in [0.29, 0.717) is 170 Å². The van der Waals surface area contributed by atoms with Crippen LogP contribution in [0, 0.1) is 20.2 Å². The Kier molecular flexibility index (Phi) is 39.1. The fraction of sp³-hybridized carbons (Fsp3) is 0.339. The number of alkyl halides is 1. The number of phenols is 1. The lowest BCUT2D eigenvalue weighted by Crippen LogP contribution is -3.00. The van der Waals surface area contributed by atoms with Crippen molar-refractivity contribution in [2.45, 2.75) is 157 Å². The van der Waals surface area contributed by atoms with Crippen molar-refractivity contribution in [3.8, 4) is 28.7 Å². The average molecular weight is 2170 g/mol. The molecule has 0 radical (unpaired) electrons. The zero-order valence-electron chi connectivity index (χ0n) is 82.8. The van der Waals surface area contributed by atoms with Crippen molar-refractivity contribution in [2.75, 3.05) is 106 Å². The number of imide groups is 5. The number of nitrogen functional groups attached to an aromatic ring is 2. The Morgan fingerprint density at radius 3 is 1.08 bits per heavy atom. The molecule has 9 heterocycles. The molecule has 37 heteroatoms. The van der Waals surface area contributed by atoms with Crippen molar-refractivity contribution >= 4 is 131 Å².